The van der Waals surface area contributed by atoms with E-state index in [0.29, 0.717) is 12.1 Å². The van der Waals surface area contributed by atoms with Crippen molar-refractivity contribution in [3.05, 3.63) is 33.8 Å². The number of nitrogens with zero attached hydrogens (tertiary/aromatic N) is 2. The van der Waals surface area contributed by atoms with Gasteiger partial charge in [-0.2, -0.15) is 5.10 Å². The van der Waals surface area contributed by atoms with E-state index in [1.165, 1.54) is 16.3 Å². The van der Waals surface area contributed by atoms with Crippen LogP contribution in [-0.2, 0) is 0 Å². The molecule has 3 nitrogen and oxygen atoms in total. The zero-order valence-electron chi connectivity index (χ0n) is 12.4. The van der Waals surface area contributed by atoms with Crippen LogP contribution in [0, 0.1) is 13.8 Å². The van der Waals surface area contributed by atoms with Crippen LogP contribution in [0.5, 0.6) is 0 Å². The molecule has 2 heterocycles. The number of thiophene rings is 1. The molecule has 4 heteroatoms. The summed E-state index contributed by atoms with van der Waals surface area (Å²) >= 11 is 1.81. The zero-order valence-corrected chi connectivity index (χ0v) is 13.2. The number of hydrogen-bond donors (Lipinski definition) is 1. The Labute approximate surface area is 119 Å². The molecule has 19 heavy (non-hydrogen) atoms. The van der Waals surface area contributed by atoms with Crippen LogP contribution in [0.3, 0.4) is 0 Å². The summed E-state index contributed by atoms with van der Waals surface area (Å²) < 4.78 is 2.10. The van der Waals surface area contributed by atoms with Crippen LogP contribution in [0.15, 0.2) is 17.5 Å². The van der Waals surface area contributed by atoms with Gasteiger partial charge in [-0.15, -0.1) is 11.3 Å². The molecule has 0 spiro atoms. The fourth-order valence-corrected chi connectivity index (χ4v) is 3.27. The number of anilines is 1. The van der Waals surface area contributed by atoms with Crippen molar-refractivity contribution in [3.63, 3.8) is 0 Å². The molecule has 104 valence electrons. The van der Waals surface area contributed by atoms with Crippen molar-refractivity contribution in [2.45, 2.75) is 53.1 Å². The molecule has 1 unspecified atom stereocenters. The van der Waals surface area contributed by atoms with E-state index in [0.717, 1.165) is 12.1 Å². The summed E-state index contributed by atoms with van der Waals surface area (Å²) in [7, 11) is 0. The monoisotopic (exact) mass is 277 g/mol. The average molecular weight is 277 g/mol. The largest absolute Gasteiger partial charge is 0.374 e. The molecule has 0 aromatic carbocycles. The summed E-state index contributed by atoms with van der Waals surface area (Å²) in [5, 5.41) is 10.4. The SMILES string of the molecule is CCC(Nc1c(C)nn(C(C)C)c1C)c1cccs1. The fourth-order valence-electron chi connectivity index (χ4n) is 2.41. The Bertz CT molecular complexity index is 526. The number of aryl methyl sites for hydroxylation is 1. The number of rotatable bonds is 5. The molecule has 0 radical (unpaired) electrons. The van der Waals surface area contributed by atoms with Gasteiger partial charge in [0, 0.05) is 10.9 Å². The molecule has 2 aromatic heterocycles. The maximum atomic E-state index is 4.64. The third-order valence-electron chi connectivity index (χ3n) is 3.43. The molecule has 1 N–H and O–H groups in total. The summed E-state index contributed by atoms with van der Waals surface area (Å²) in [6.07, 6.45) is 1.08. The van der Waals surface area contributed by atoms with Gasteiger partial charge in [-0.1, -0.05) is 13.0 Å². The molecule has 0 aliphatic rings. The van der Waals surface area contributed by atoms with E-state index in [9.17, 15) is 0 Å². The standard InChI is InChI=1S/C15H23N3S/c1-6-13(14-8-7-9-19-14)16-15-11(4)17-18(10(2)3)12(15)5/h7-10,13,16H,6H2,1-5H3. The first-order chi connectivity index (χ1) is 9.04. The highest BCUT2D eigenvalue weighted by Gasteiger charge is 2.17. The van der Waals surface area contributed by atoms with Crippen LogP contribution in [-0.4, -0.2) is 9.78 Å². The van der Waals surface area contributed by atoms with Crippen LogP contribution in [0.4, 0.5) is 5.69 Å². The predicted octanol–water partition coefficient (Wildman–Crippen LogP) is 4.71. The first-order valence-electron chi connectivity index (χ1n) is 6.90. The summed E-state index contributed by atoms with van der Waals surface area (Å²) in [5.74, 6) is 0. The molecule has 0 fully saturated rings. The maximum absolute atomic E-state index is 4.64. The number of hydrogen-bond acceptors (Lipinski definition) is 3. The first kappa shape index (κ1) is 14.1. The Kier molecular flexibility index (Phi) is 4.30. The van der Waals surface area contributed by atoms with Gasteiger partial charge in [-0.25, -0.2) is 0 Å². The van der Waals surface area contributed by atoms with Crippen molar-refractivity contribution in [1.82, 2.24) is 9.78 Å². The lowest BCUT2D eigenvalue weighted by Gasteiger charge is -2.17. The van der Waals surface area contributed by atoms with Gasteiger partial charge in [0.15, 0.2) is 0 Å². The molecule has 1 atom stereocenters. The van der Waals surface area contributed by atoms with Crippen molar-refractivity contribution < 1.29 is 0 Å². The highest BCUT2D eigenvalue weighted by atomic mass is 32.1. The fraction of sp³-hybridized carbons (Fsp3) is 0.533. The molecular formula is C15H23N3S. The smallest absolute Gasteiger partial charge is 0.0828 e. The molecule has 0 saturated heterocycles. The van der Waals surface area contributed by atoms with Crippen molar-refractivity contribution in [2.24, 2.45) is 0 Å². The Hall–Kier alpha value is -1.29. The third kappa shape index (κ3) is 2.84. The second-order valence-electron chi connectivity index (χ2n) is 5.20. The van der Waals surface area contributed by atoms with Gasteiger partial charge in [0.05, 0.1) is 23.1 Å². The summed E-state index contributed by atoms with van der Waals surface area (Å²) in [4.78, 5) is 1.39. The molecule has 2 rings (SSSR count). The Morgan fingerprint density at radius 3 is 2.58 bits per heavy atom. The van der Waals surface area contributed by atoms with Gasteiger partial charge in [0.1, 0.15) is 0 Å². The van der Waals surface area contributed by atoms with Gasteiger partial charge in [0.2, 0.25) is 0 Å². The summed E-state index contributed by atoms with van der Waals surface area (Å²) in [6, 6.07) is 5.09. The van der Waals surface area contributed by atoms with E-state index in [1.807, 2.05) is 11.3 Å². The van der Waals surface area contributed by atoms with Crippen LogP contribution >= 0.6 is 11.3 Å². The summed E-state index contributed by atoms with van der Waals surface area (Å²) in [5.41, 5.74) is 3.50. The lowest BCUT2D eigenvalue weighted by atomic mass is 10.1. The molecule has 0 saturated carbocycles. The van der Waals surface area contributed by atoms with Gasteiger partial charge < -0.3 is 5.32 Å². The number of aromatic nitrogens is 2. The van der Waals surface area contributed by atoms with E-state index >= 15 is 0 Å². The van der Waals surface area contributed by atoms with Crippen LogP contribution < -0.4 is 5.32 Å². The third-order valence-corrected chi connectivity index (χ3v) is 4.41. The lowest BCUT2D eigenvalue weighted by Crippen LogP contribution is -2.10. The van der Waals surface area contributed by atoms with E-state index < -0.39 is 0 Å². The average Bonchev–Trinajstić information content (AvgIpc) is 2.97. The minimum Gasteiger partial charge on any atom is -0.374 e. The molecule has 0 bridgehead atoms. The Balaban J connectivity index is 2.27. The topological polar surface area (TPSA) is 29.9 Å². The van der Waals surface area contributed by atoms with E-state index in [1.54, 1.807) is 0 Å². The van der Waals surface area contributed by atoms with Gasteiger partial charge in [0.25, 0.3) is 0 Å². The summed E-state index contributed by atoms with van der Waals surface area (Å²) in [6.45, 7) is 10.8. The second-order valence-corrected chi connectivity index (χ2v) is 6.18. The minimum absolute atomic E-state index is 0.377. The van der Waals surface area contributed by atoms with E-state index in [2.05, 4.69) is 67.2 Å². The van der Waals surface area contributed by atoms with Gasteiger partial charge >= 0.3 is 0 Å². The molecular weight excluding hydrogens is 254 g/mol. The van der Waals surface area contributed by atoms with Crippen LogP contribution in [0.1, 0.15) is 55.5 Å². The van der Waals surface area contributed by atoms with Gasteiger partial charge in [-0.3, -0.25) is 4.68 Å². The first-order valence-corrected chi connectivity index (χ1v) is 7.78. The second kappa shape index (κ2) is 5.78. The lowest BCUT2D eigenvalue weighted by molar-refractivity contribution is 0.516. The molecule has 0 aliphatic heterocycles. The van der Waals surface area contributed by atoms with Crippen molar-refractivity contribution in [3.8, 4) is 0 Å². The van der Waals surface area contributed by atoms with Crippen molar-refractivity contribution in [1.29, 1.82) is 0 Å². The molecule has 2 aromatic rings. The maximum Gasteiger partial charge on any atom is 0.0828 e. The Morgan fingerprint density at radius 1 is 1.37 bits per heavy atom. The molecule has 0 amide bonds. The van der Waals surface area contributed by atoms with Crippen LogP contribution in [0.2, 0.25) is 0 Å². The van der Waals surface area contributed by atoms with Gasteiger partial charge in [-0.05, 0) is 45.6 Å². The van der Waals surface area contributed by atoms with Crippen molar-refractivity contribution >= 4 is 17.0 Å². The normalized spacial score (nSPS) is 12.9. The minimum atomic E-state index is 0.377. The number of nitrogens with one attached hydrogen (secondary N) is 1. The van der Waals surface area contributed by atoms with Crippen molar-refractivity contribution in [2.75, 3.05) is 5.32 Å². The highest BCUT2D eigenvalue weighted by Crippen LogP contribution is 2.30. The van der Waals surface area contributed by atoms with E-state index in [-0.39, 0.29) is 0 Å². The predicted molar refractivity (Wildman–Crippen MR) is 83.1 cm³/mol. The van der Waals surface area contributed by atoms with E-state index in [4.69, 9.17) is 0 Å². The van der Waals surface area contributed by atoms with Crippen LogP contribution in [0.25, 0.3) is 0 Å². The quantitative estimate of drug-likeness (QED) is 0.858. The molecule has 0 aliphatic carbocycles. The zero-order chi connectivity index (χ0) is 14.0. The Morgan fingerprint density at radius 2 is 2.11 bits per heavy atom. The highest BCUT2D eigenvalue weighted by molar-refractivity contribution is 7.10.